The molecule has 2 aromatic rings. The topological polar surface area (TPSA) is 27.7 Å². The summed E-state index contributed by atoms with van der Waals surface area (Å²) in [6.45, 7) is 0.497. The Bertz CT molecular complexity index is 605. The van der Waals surface area contributed by atoms with Crippen molar-refractivity contribution in [3.63, 3.8) is 0 Å². The first-order valence-electron chi connectivity index (χ1n) is 7.03. The molecule has 116 valence electrons. The van der Waals surface area contributed by atoms with Crippen LogP contribution >= 0.6 is 27.5 Å². The summed E-state index contributed by atoms with van der Waals surface area (Å²) in [5, 5.41) is 0.548. The molecule has 22 heavy (non-hydrogen) atoms. The highest BCUT2D eigenvalue weighted by Gasteiger charge is 2.42. The Labute approximate surface area is 143 Å². The van der Waals surface area contributed by atoms with Gasteiger partial charge >= 0.3 is 0 Å². The fourth-order valence-electron chi connectivity index (χ4n) is 2.34. The number of halogens is 2. The van der Waals surface area contributed by atoms with Crippen LogP contribution in [0.2, 0.25) is 0 Å². The molecule has 0 amide bonds. The summed E-state index contributed by atoms with van der Waals surface area (Å²) in [5.74, 6) is 1.22. The first-order valence-corrected chi connectivity index (χ1v) is 8.68. The van der Waals surface area contributed by atoms with E-state index in [4.69, 9.17) is 25.8 Å². The summed E-state index contributed by atoms with van der Waals surface area (Å²) in [6, 6.07) is 17.4. The molecule has 0 saturated carbocycles. The van der Waals surface area contributed by atoms with E-state index in [2.05, 4.69) is 15.9 Å². The Hall–Kier alpha value is -1.07. The van der Waals surface area contributed by atoms with Crippen LogP contribution in [0, 0.1) is 0 Å². The lowest BCUT2D eigenvalue weighted by Gasteiger charge is -2.26. The predicted molar refractivity (Wildman–Crippen MR) is 90.0 cm³/mol. The number of hydrogen-bond acceptors (Lipinski definition) is 3. The van der Waals surface area contributed by atoms with Crippen LogP contribution in [0.4, 0.5) is 0 Å². The predicted octanol–water partition coefficient (Wildman–Crippen LogP) is 4.68. The third kappa shape index (κ3) is 3.30. The summed E-state index contributed by atoms with van der Waals surface area (Å²) in [5.41, 5.74) is 0.942. The Kier molecular flexibility index (Phi) is 5.03. The number of ether oxygens (including phenoxy) is 3. The third-order valence-electron chi connectivity index (χ3n) is 3.48. The number of benzene rings is 2. The van der Waals surface area contributed by atoms with E-state index in [0.29, 0.717) is 17.8 Å². The highest BCUT2D eigenvalue weighted by atomic mass is 79.9. The molecule has 1 aliphatic rings. The van der Waals surface area contributed by atoms with Gasteiger partial charge in [-0.3, -0.25) is 0 Å². The first-order chi connectivity index (χ1) is 10.8. The third-order valence-corrected chi connectivity index (χ3v) is 4.56. The van der Waals surface area contributed by atoms with Gasteiger partial charge in [-0.2, -0.15) is 0 Å². The van der Waals surface area contributed by atoms with E-state index in [1.807, 2.05) is 54.6 Å². The van der Waals surface area contributed by atoms with Crippen LogP contribution in [0.1, 0.15) is 5.56 Å². The Morgan fingerprint density at radius 2 is 1.77 bits per heavy atom. The van der Waals surface area contributed by atoms with Crippen molar-refractivity contribution in [2.24, 2.45) is 0 Å². The van der Waals surface area contributed by atoms with Gasteiger partial charge in [0.25, 0.3) is 0 Å². The maximum Gasteiger partial charge on any atom is 0.205 e. The standard InChI is InChI=1S/C17H16BrClO3/c18-12-17(20-11-16(10-19)22-17)13-6-8-15(9-7-13)21-14-4-2-1-3-5-14/h1-9,16H,10-12H2/t16-,17-/m1/s1. The Morgan fingerprint density at radius 1 is 1.09 bits per heavy atom. The normalized spacial score (nSPS) is 24.4. The van der Waals surface area contributed by atoms with E-state index in [0.717, 1.165) is 17.1 Å². The van der Waals surface area contributed by atoms with Crippen LogP contribution in [0.5, 0.6) is 11.5 Å². The van der Waals surface area contributed by atoms with Gasteiger partial charge in [-0.15, -0.1) is 11.6 Å². The minimum atomic E-state index is -0.773. The molecule has 3 rings (SSSR count). The fraction of sp³-hybridized carbons (Fsp3) is 0.294. The molecule has 0 radical (unpaired) electrons. The molecule has 1 aliphatic heterocycles. The molecule has 5 heteroatoms. The summed E-state index contributed by atoms with van der Waals surface area (Å²) in [6.07, 6.45) is -0.0838. The van der Waals surface area contributed by atoms with Gasteiger partial charge in [-0.1, -0.05) is 34.1 Å². The number of rotatable bonds is 5. The zero-order chi connectivity index (χ0) is 15.4. The molecular formula is C17H16BrClO3. The van der Waals surface area contributed by atoms with Crippen molar-refractivity contribution >= 4 is 27.5 Å². The van der Waals surface area contributed by atoms with E-state index in [-0.39, 0.29) is 6.10 Å². The van der Waals surface area contributed by atoms with E-state index >= 15 is 0 Å². The maximum atomic E-state index is 5.95. The van der Waals surface area contributed by atoms with Crippen LogP contribution in [0.25, 0.3) is 0 Å². The molecule has 0 N–H and O–H groups in total. The molecule has 0 aromatic heterocycles. The number of hydrogen-bond donors (Lipinski definition) is 0. The number of alkyl halides is 2. The summed E-state index contributed by atoms with van der Waals surface area (Å²) in [4.78, 5) is 0. The van der Waals surface area contributed by atoms with Crippen molar-refractivity contribution < 1.29 is 14.2 Å². The van der Waals surface area contributed by atoms with Crippen molar-refractivity contribution in [1.82, 2.24) is 0 Å². The lowest BCUT2D eigenvalue weighted by atomic mass is 10.1. The van der Waals surface area contributed by atoms with Gasteiger partial charge in [0.15, 0.2) is 0 Å². The van der Waals surface area contributed by atoms with Gasteiger partial charge < -0.3 is 14.2 Å². The van der Waals surface area contributed by atoms with Gasteiger partial charge in [0.2, 0.25) is 5.79 Å². The van der Waals surface area contributed by atoms with E-state index < -0.39 is 5.79 Å². The van der Waals surface area contributed by atoms with Crippen LogP contribution in [-0.4, -0.2) is 23.9 Å². The fourth-order valence-corrected chi connectivity index (χ4v) is 3.11. The average molecular weight is 384 g/mol. The zero-order valence-electron chi connectivity index (χ0n) is 11.9. The minimum absolute atomic E-state index is 0.0838. The molecule has 1 heterocycles. The second-order valence-electron chi connectivity index (χ2n) is 5.03. The molecule has 1 fully saturated rings. The van der Waals surface area contributed by atoms with Crippen molar-refractivity contribution in [2.75, 3.05) is 17.8 Å². The van der Waals surface area contributed by atoms with Gasteiger partial charge in [-0.25, -0.2) is 0 Å². The minimum Gasteiger partial charge on any atom is -0.457 e. The van der Waals surface area contributed by atoms with E-state index in [1.165, 1.54) is 0 Å². The maximum absolute atomic E-state index is 5.95. The Morgan fingerprint density at radius 3 is 2.36 bits per heavy atom. The molecule has 0 spiro atoms. The van der Waals surface area contributed by atoms with Gasteiger partial charge in [0, 0.05) is 5.56 Å². The average Bonchev–Trinajstić information content (AvgIpc) is 3.01. The zero-order valence-corrected chi connectivity index (χ0v) is 14.2. The largest absolute Gasteiger partial charge is 0.457 e. The van der Waals surface area contributed by atoms with Crippen molar-refractivity contribution in [3.05, 3.63) is 60.2 Å². The monoisotopic (exact) mass is 382 g/mol. The van der Waals surface area contributed by atoms with Crippen molar-refractivity contribution in [2.45, 2.75) is 11.9 Å². The second-order valence-corrected chi connectivity index (χ2v) is 5.90. The summed E-state index contributed by atoms with van der Waals surface area (Å²) >= 11 is 9.33. The quantitative estimate of drug-likeness (QED) is 0.702. The lowest BCUT2D eigenvalue weighted by Crippen LogP contribution is -2.30. The van der Waals surface area contributed by atoms with E-state index in [1.54, 1.807) is 0 Å². The molecule has 0 aliphatic carbocycles. The van der Waals surface area contributed by atoms with Crippen LogP contribution in [0.15, 0.2) is 54.6 Å². The van der Waals surface area contributed by atoms with Crippen LogP contribution < -0.4 is 4.74 Å². The van der Waals surface area contributed by atoms with Crippen LogP contribution in [0.3, 0.4) is 0 Å². The molecule has 2 atom stereocenters. The molecular weight excluding hydrogens is 368 g/mol. The molecule has 3 nitrogen and oxygen atoms in total. The van der Waals surface area contributed by atoms with Crippen LogP contribution in [-0.2, 0) is 15.3 Å². The molecule has 1 saturated heterocycles. The van der Waals surface area contributed by atoms with Crippen molar-refractivity contribution in [1.29, 1.82) is 0 Å². The molecule has 0 bridgehead atoms. The number of para-hydroxylation sites is 1. The smallest absolute Gasteiger partial charge is 0.205 e. The van der Waals surface area contributed by atoms with Gasteiger partial charge in [0.1, 0.15) is 11.5 Å². The van der Waals surface area contributed by atoms with Crippen molar-refractivity contribution in [3.8, 4) is 11.5 Å². The second kappa shape index (κ2) is 7.01. The summed E-state index contributed by atoms with van der Waals surface area (Å²) < 4.78 is 17.6. The SMILES string of the molecule is ClC[C@@H]1CO[C@@](CBr)(c2ccc(Oc3ccccc3)cc2)O1. The molecule has 2 aromatic carbocycles. The van der Waals surface area contributed by atoms with Gasteiger partial charge in [0.05, 0.1) is 23.9 Å². The lowest BCUT2D eigenvalue weighted by molar-refractivity contribution is -0.154. The van der Waals surface area contributed by atoms with E-state index in [9.17, 15) is 0 Å². The molecule has 0 unspecified atom stereocenters. The summed E-state index contributed by atoms with van der Waals surface area (Å²) in [7, 11) is 0. The first kappa shape index (κ1) is 15.8. The Balaban J connectivity index is 1.76. The highest BCUT2D eigenvalue weighted by molar-refractivity contribution is 9.09. The highest BCUT2D eigenvalue weighted by Crippen LogP contribution is 2.37. The van der Waals surface area contributed by atoms with Gasteiger partial charge in [-0.05, 0) is 36.4 Å².